The molecule has 1 aliphatic rings. The summed E-state index contributed by atoms with van der Waals surface area (Å²) in [4.78, 5) is 17.6. The molecule has 1 aliphatic heterocycles. The largest absolute Gasteiger partial charge is 0.351 e. The molecule has 6 heteroatoms. The van der Waals surface area contributed by atoms with Gasteiger partial charge in [0.05, 0.1) is 0 Å². The van der Waals surface area contributed by atoms with E-state index in [1.807, 2.05) is 47.2 Å². The fraction of sp³-hybridized carbons (Fsp3) is 0.318. The quantitative estimate of drug-likeness (QED) is 0.617. The molecule has 3 aromatic rings. The molecule has 0 radical (unpaired) electrons. The zero-order chi connectivity index (χ0) is 19.3. The van der Waals surface area contributed by atoms with E-state index in [1.54, 1.807) is 22.7 Å². The zero-order valence-corrected chi connectivity index (χ0v) is 17.1. The molecule has 0 unspecified atom stereocenters. The monoisotopic (exact) mass is 414 g/mol. The van der Waals surface area contributed by atoms with Gasteiger partial charge in [-0.3, -0.25) is 4.79 Å². The number of carbonyl (C=O) groups is 1. The van der Waals surface area contributed by atoms with Crippen molar-refractivity contribution in [2.75, 3.05) is 19.6 Å². The Bertz CT molecular complexity index is 844. The van der Waals surface area contributed by atoms with Crippen LogP contribution in [0.4, 0.5) is 4.39 Å². The standard InChI is InChI=1S/C22H23FN2OS2/c23-17-7-5-16(6-8-17)9-11-25-12-10-18(15-25)24-22(26)21(19-3-1-13-27-19)20-4-2-14-28-20/h1-8,13-14,18,21H,9-12,15H2,(H,24,26)/t18-/m0/s1. The molecular weight excluding hydrogens is 391 g/mol. The molecule has 1 fully saturated rings. The van der Waals surface area contributed by atoms with E-state index in [0.717, 1.165) is 47.8 Å². The molecule has 2 aromatic heterocycles. The van der Waals surface area contributed by atoms with Crippen molar-refractivity contribution in [1.82, 2.24) is 10.2 Å². The van der Waals surface area contributed by atoms with E-state index < -0.39 is 0 Å². The molecule has 0 aliphatic carbocycles. The third kappa shape index (κ3) is 4.69. The van der Waals surface area contributed by atoms with Crippen LogP contribution >= 0.6 is 22.7 Å². The molecule has 1 amide bonds. The topological polar surface area (TPSA) is 32.3 Å². The summed E-state index contributed by atoms with van der Waals surface area (Å²) < 4.78 is 13.0. The maximum Gasteiger partial charge on any atom is 0.233 e. The molecule has 4 rings (SSSR count). The van der Waals surface area contributed by atoms with Gasteiger partial charge in [-0.25, -0.2) is 4.39 Å². The number of nitrogens with one attached hydrogen (secondary N) is 1. The zero-order valence-electron chi connectivity index (χ0n) is 15.5. The van der Waals surface area contributed by atoms with Gasteiger partial charge in [-0.05, 0) is 53.4 Å². The van der Waals surface area contributed by atoms with Gasteiger partial charge in [0.15, 0.2) is 0 Å². The average molecular weight is 415 g/mol. The highest BCUT2D eigenvalue weighted by Gasteiger charge is 2.29. The number of halogens is 1. The van der Waals surface area contributed by atoms with Crippen molar-refractivity contribution >= 4 is 28.6 Å². The van der Waals surface area contributed by atoms with Crippen molar-refractivity contribution < 1.29 is 9.18 Å². The van der Waals surface area contributed by atoms with Gasteiger partial charge in [0, 0.05) is 35.4 Å². The Morgan fingerprint density at radius 1 is 1.11 bits per heavy atom. The first-order valence-corrected chi connectivity index (χ1v) is 11.3. The number of rotatable bonds is 7. The van der Waals surface area contributed by atoms with Crippen molar-refractivity contribution in [3.8, 4) is 0 Å². The van der Waals surface area contributed by atoms with Gasteiger partial charge in [0.25, 0.3) is 0 Å². The van der Waals surface area contributed by atoms with Crippen molar-refractivity contribution in [1.29, 1.82) is 0 Å². The number of amides is 1. The van der Waals surface area contributed by atoms with Crippen LogP contribution in [0.3, 0.4) is 0 Å². The smallest absolute Gasteiger partial charge is 0.233 e. The number of likely N-dealkylation sites (tertiary alicyclic amines) is 1. The van der Waals surface area contributed by atoms with Gasteiger partial charge < -0.3 is 10.2 Å². The molecule has 1 saturated heterocycles. The minimum Gasteiger partial charge on any atom is -0.351 e. The fourth-order valence-corrected chi connectivity index (χ4v) is 5.44. The number of hydrogen-bond donors (Lipinski definition) is 1. The normalized spacial score (nSPS) is 17.3. The van der Waals surface area contributed by atoms with Crippen LogP contribution in [0.15, 0.2) is 59.3 Å². The summed E-state index contributed by atoms with van der Waals surface area (Å²) in [6.45, 7) is 2.78. The highest BCUT2D eigenvalue weighted by atomic mass is 32.1. The molecule has 1 aromatic carbocycles. The fourth-order valence-electron chi connectivity index (χ4n) is 3.69. The first kappa shape index (κ1) is 19.3. The number of hydrogen-bond acceptors (Lipinski definition) is 4. The Kier molecular flexibility index (Phi) is 6.20. The molecular formula is C22H23FN2OS2. The minimum atomic E-state index is -0.215. The second kappa shape index (κ2) is 8.99. The third-order valence-electron chi connectivity index (χ3n) is 5.17. The van der Waals surface area contributed by atoms with Crippen LogP contribution in [0, 0.1) is 5.82 Å². The molecule has 1 N–H and O–H groups in total. The van der Waals surface area contributed by atoms with E-state index >= 15 is 0 Å². The Labute approximate surface area is 172 Å². The van der Waals surface area contributed by atoms with E-state index in [1.165, 1.54) is 12.1 Å². The Hall–Kier alpha value is -2.02. The van der Waals surface area contributed by atoms with Crippen LogP contribution in [0.25, 0.3) is 0 Å². The van der Waals surface area contributed by atoms with Crippen molar-refractivity contribution in [2.45, 2.75) is 24.8 Å². The first-order chi connectivity index (χ1) is 13.7. The summed E-state index contributed by atoms with van der Waals surface area (Å²) in [5, 5.41) is 7.32. The maximum absolute atomic E-state index is 13.1. The van der Waals surface area contributed by atoms with Crippen LogP contribution in [0.5, 0.6) is 0 Å². The second-order valence-electron chi connectivity index (χ2n) is 7.14. The summed E-state index contributed by atoms with van der Waals surface area (Å²) in [6.07, 6.45) is 1.87. The molecule has 0 saturated carbocycles. The maximum atomic E-state index is 13.1. The van der Waals surface area contributed by atoms with Crippen molar-refractivity contribution in [2.24, 2.45) is 0 Å². The lowest BCUT2D eigenvalue weighted by Gasteiger charge is -2.19. The summed E-state index contributed by atoms with van der Waals surface area (Å²) in [6, 6.07) is 15.0. The number of benzene rings is 1. The third-order valence-corrected chi connectivity index (χ3v) is 7.04. The Balaban J connectivity index is 1.32. The summed E-state index contributed by atoms with van der Waals surface area (Å²) in [5.41, 5.74) is 1.14. The van der Waals surface area contributed by atoms with Gasteiger partial charge >= 0.3 is 0 Å². The lowest BCUT2D eigenvalue weighted by molar-refractivity contribution is -0.122. The van der Waals surface area contributed by atoms with Gasteiger partial charge in [0.1, 0.15) is 11.7 Å². The Morgan fingerprint density at radius 2 is 1.79 bits per heavy atom. The number of thiophene rings is 2. The molecule has 3 nitrogen and oxygen atoms in total. The van der Waals surface area contributed by atoms with Crippen LogP contribution in [0.1, 0.15) is 27.7 Å². The molecule has 28 heavy (non-hydrogen) atoms. The van der Waals surface area contributed by atoms with Crippen molar-refractivity contribution in [3.05, 3.63) is 80.4 Å². The summed E-state index contributed by atoms with van der Waals surface area (Å²) in [7, 11) is 0. The second-order valence-corrected chi connectivity index (χ2v) is 9.09. The highest BCUT2D eigenvalue weighted by Crippen LogP contribution is 2.31. The van der Waals surface area contributed by atoms with Crippen LogP contribution in [-0.4, -0.2) is 36.5 Å². The summed E-state index contributed by atoms with van der Waals surface area (Å²) in [5.74, 6) is -0.317. The summed E-state index contributed by atoms with van der Waals surface area (Å²) >= 11 is 3.26. The van der Waals surface area contributed by atoms with Crippen LogP contribution < -0.4 is 5.32 Å². The van der Waals surface area contributed by atoms with E-state index in [0.29, 0.717) is 0 Å². The van der Waals surface area contributed by atoms with Crippen molar-refractivity contribution in [3.63, 3.8) is 0 Å². The van der Waals surface area contributed by atoms with Gasteiger partial charge in [-0.1, -0.05) is 24.3 Å². The van der Waals surface area contributed by atoms with E-state index in [4.69, 9.17) is 0 Å². The molecule has 0 bridgehead atoms. The Morgan fingerprint density at radius 3 is 2.39 bits per heavy atom. The number of nitrogens with zero attached hydrogens (tertiary/aromatic N) is 1. The predicted molar refractivity (Wildman–Crippen MR) is 114 cm³/mol. The van der Waals surface area contributed by atoms with E-state index in [-0.39, 0.29) is 23.7 Å². The van der Waals surface area contributed by atoms with E-state index in [9.17, 15) is 9.18 Å². The SMILES string of the molecule is O=C(N[C@H]1CCN(CCc2ccc(F)cc2)C1)C(c1cccs1)c1cccs1. The predicted octanol–water partition coefficient (Wildman–Crippen LogP) is 4.51. The van der Waals surface area contributed by atoms with Gasteiger partial charge in [0.2, 0.25) is 5.91 Å². The average Bonchev–Trinajstić information content (AvgIpc) is 3.45. The first-order valence-electron chi connectivity index (χ1n) is 9.53. The van der Waals surface area contributed by atoms with Crippen LogP contribution in [0.2, 0.25) is 0 Å². The lowest BCUT2D eigenvalue weighted by atomic mass is 10.0. The minimum absolute atomic E-state index is 0.0929. The van der Waals surface area contributed by atoms with E-state index in [2.05, 4.69) is 10.2 Å². The molecule has 0 spiro atoms. The molecule has 1 atom stereocenters. The van der Waals surface area contributed by atoms with Gasteiger partial charge in [-0.2, -0.15) is 0 Å². The van der Waals surface area contributed by atoms with Gasteiger partial charge in [-0.15, -0.1) is 22.7 Å². The number of carbonyl (C=O) groups excluding carboxylic acids is 1. The lowest BCUT2D eigenvalue weighted by Crippen LogP contribution is -2.40. The van der Waals surface area contributed by atoms with Crippen LogP contribution in [-0.2, 0) is 11.2 Å². The molecule has 146 valence electrons. The highest BCUT2D eigenvalue weighted by molar-refractivity contribution is 7.11. The molecule has 3 heterocycles.